The van der Waals surface area contributed by atoms with E-state index in [1.165, 1.54) is 16.9 Å². The van der Waals surface area contributed by atoms with Gasteiger partial charge >= 0.3 is 0 Å². The number of benzene rings is 3. The van der Waals surface area contributed by atoms with E-state index in [1.54, 1.807) is 30.5 Å². The molecule has 186 valence electrons. The number of anilines is 1. The Labute approximate surface area is 221 Å². The third-order valence-electron chi connectivity index (χ3n) is 6.04. The Hall–Kier alpha value is -3.81. The summed E-state index contributed by atoms with van der Waals surface area (Å²) in [6.45, 7) is 4.68. The second-order valence-electron chi connectivity index (χ2n) is 8.94. The molecule has 0 aliphatic rings. The van der Waals surface area contributed by atoms with Crippen LogP contribution in [0.2, 0.25) is 0 Å². The number of nitrogens with one attached hydrogen (secondary N) is 1. The van der Waals surface area contributed by atoms with Crippen molar-refractivity contribution in [3.05, 3.63) is 114 Å². The molecule has 37 heavy (non-hydrogen) atoms. The Bertz CT molecular complexity index is 1630. The van der Waals surface area contributed by atoms with Crippen molar-refractivity contribution in [3.63, 3.8) is 0 Å². The number of nitrogens with zero attached hydrogens (tertiary/aromatic N) is 2. The molecule has 2 aromatic heterocycles. The average molecular weight is 526 g/mol. The molecule has 2 heterocycles. The van der Waals surface area contributed by atoms with Gasteiger partial charge in [0.1, 0.15) is 5.82 Å². The molecule has 0 saturated heterocycles. The maximum absolute atomic E-state index is 13.5. The van der Waals surface area contributed by atoms with Crippen molar-refractivity contribution in [2.24, 2.45) is 0 Å². The Morgan fingerprint density at radius 1 is 0.811 bits per heavy atom. The van der Waals surface area contributed by atoms with E-state index in [0.29, 0.717) is 5.69 Å². The maximum atomic E-state index is 13.5. The minimum atomic E-state index is -3.76. The van der Waals surface area contributed by atoms with Crippen LogP contribution in [0.25, 0.3) is 21.7 Å². The topological polar surface area (TPSA) is 72.0 Å². The molecule has 0 saturated carbocycles. The lowest BCUT2D eigenvalue weighted by Gasteiger charge is -2.08. The Balaban J connectivity index is 1.52. The van der Waals surface area contributed by atoms with Crippen LogP contribution in [0.15, 0.2) is 106 Å². The van der Waals surface area contributed by atoms with Crippen LogP contribution < -0.4 is 5.32 Å². The van der Waals surface area contributed by atoms with Gasteiger partial charge in [-0.15, -0.1) is 11.3 Å². The molecule has 0 spiro atoms. The second kappa shape index (κ2) is 10.7. The summed E-state index contributed by atoms with van der Waals surface area (Å²) in [5.74, 6) is 0.736. The highest BCUT2D eigenvalue weighted by Crippen LogP contribution is 2.40. The van der Waals surface area contributed by atoms with Crippen LogP contribution in [-0.2, 0) is 16.3 Å². The molecular formula is C30H27N3O2S2. The van der Waals surface area contributed by atoms with E-state index in [2.05, 4.69) is 27.4 Å². The molecule has 0 bridgehead atoms. The monoisotopic (exact) mass is 525 g/mol. The lowest BCUT2D eigenvalue weighted by atomic mass is 10.1. The predicted molar refractivity (Wildman–Crippen MR) is 151 cm³/mol. The van der Waals surface area contributed by atoms with Gasteiger partial charge in [0, 0.05) is 18.3 Å². The van der Waals surface area contributed by atoms with Crippen molar-refractivity contribution in [1.29, 1.82) is 0 Å². The van der Waals surface area contributed by atoms with Gasteiger partial charge in [-0.1, -0.05) is 71.8 Å². The van der Waals surface area contributed by atoms with Gasteiger partial charge in [0.2, 0.25) is 14.2 Å². The lowest BCUT2D eigenvalue weighted by Crippen LogP contribution is -2.06. The summed E-state index contributed by atoms with van der Waals surface area (Å²) in [5, 5.41) is 3.39. The molecule has 0 unspecified atom stereocenters. The van der Waals surface area contributed by atoms with E-state index in [1.807, 2.05) is 68.4 Å². The lowest BCUT2D eigenvalue weighted by molar-refractivity contribution is 0.595. The van der Waals surface area contributed by atoms with Crippen LogP contribution in [0.3, 0.4) is 0 Å². The van der Waals surface area contributed by atoms with Gasteiger partial charge < -0.3 is 5.32 Å². The van der Waals surface area contributed by atoms with Gasteiger partial charge in [0.15, 0.2) is 0 Å². The molecule has 0 atom stereocenters. The highest BCUT2D eigenvalue weighted by atomic mass is 32.2. The van der Waals surface area contributed by atoms with Gasteiger partial charge in [-0.05, 0) is 61.7 Å². The molecular weight excluding hydrogens is 498 g/mol. The fraction of sp³-hybridized carbons (Fsp3) is 0.133. The SMILES string of the molecule is Cc1ccc(S(=O)(=O)c2nc(-c3cccc(C)c3)c(-c3ccnc(NCCc4ccccc4)c3)s2)cc1. The first-order valence-corrected chi connectivity index (χ1v) is 14.3. The van der Waals surface area contributed by atoms with Crippen LogP contribution >= 0.6 is 11.3 Å². The first-order chi connectivity index (χ1) is 17.9. The number of aryl methyl sites for hydroxylation is 2. The summed E-state index contributed by atoms with van der Waals surface area (Å²) < 4.78 is 27.1. The van der Waals surface area contributed by atoms with Crippen LogP contribution in [0.1, 0.15) is 16.7 Å². The quantitative estimate of drug-likeness (QED) is 0.237. The van der Waals surface area contributed by atoms with E-state index in [4.69, 9.17) is 0 Å². The fourth-order valence-electron chi connectivity index (χ4n) is 4.07. The molecule has 5 aromatic rings. The van der Waals surface area contributed by atoms with Crippen molar-refractivity contribution in [1.82, 2.24) is 9.97 Å². The predicted octanol–water partition coefficient (Wildman–Crippen LogP) is 6.98. The molecule has 5 nitrogen and oxygen atoms in total. The summed E-state index contributed by atoms with van der Waals surface area (Å²) in [6, 6.07) is 29.0. The molecule has 0 aliphatic carbocycles. The second-order valence-corrected chi connectivity index (χ2v) is 12.1. The average Bonchev–Trinajstić information content (AvgIpc) is 3.37. The number of rotatable bonds is 8. The zero-order valence-corrected chi connectivity index (χ0v) is 22.3. The summed E-state index contributed by atoms with van der Waals surface area (Å²) in [5.41, 5.74) is 5.74. The number of hydrogen-bond donors (Lipinski definition) is 1. The van der Waals surface area contributed by atoms with Crippen molar-refractivity contribution >= 4 is 27.0 Å². The Morgan fingerprint density at radius 2 is 1.59 bits per heavy atom. The van der Waals surface area contributed by atoms with Crippen molar-refractivity contribution < 1.29 is 8.42 Å². The maximum Gasteiger partial charge on any atom is 0.233 e. The smallest absolute Gasteiger partial charge is 0.233 e. The van der Waals surface area contributed by atoms with Crippen LogP contribution in [0.4, 0.5) is 5.82 Å². The van der Waals surface area contributed by atoms with Gasteiger partial charge in [-0.3, -0.25) is 0 Å². The van der Waals surface area contributed by atoms with Gasteiger partial charge in [0.05, 0.1) is 15.5 Å². The normalized spacial score (nSPS) is 11.4. The Morgan fingerprint density at radius 3 is 2.35 bits per heavy atom. The van der Waals surface area contributed by atoms with E-state index in [0.717, 1.165) is 45.9 Å². The Kier molecular flexibility index (Phi) is 7.17. The molecule has 0 amide bonds. The highest BCUT2D eigenvalue weighted by molar-refractivity contribution is 7.93. The zero-order valence-electron chi connectivity index (χ0n) is 20.7. The molecule has 5 rings (SSSR count). The number of aromatic nitrogens is 2. The van der Waals surface area contributed by atoms with Gasteiger partial charge in [0.25, 0.3) is 0 Å². The summed E-state index contributed by atoms with van der Waals surface area (Å²) >= 11 is 1.19. The van der Waals surface area contributed by atoms with Gasteiger partial charge in [-0.2, -0.15) is 0 Å². The van der Waals surface area contributed by atoms with E-state index in [9.17, 15) is 8.42 Å². The summed E-state index contributed by atoms with van der Waals surface area (Å²) in [6.07, 6.45) is 2.62. The third kappa shape index (κ3) is 5.63. The van der Waals surface area contributed by atoms with Crippen LogP contribution in [0, 0.1) is 13.8 Å². The molecule has 0 fully saturated rings. The third-order valence-corrected chi connectivity index (χ3v) is 9.30. The van der Waals surface area contributed by atoms with E-state index < -0.39 is 9.84 Å². The summed E-state index contributed by atoms with van der Waals surface area (Å²) in [7, 11) is -3.76. The highest BCUT2D eigenvalue weighted by Gasteiger charge is 2.26. The molecule has 3 aromatic carbocycles. The largest absolute Gasteiger partial charge is 0.370 e. The van der Waals surface area contributed by atoms with Crippen LogP contribution in [0.5, 0.6) is 0 Å². The zero-order chi connectivity index (χ0) is 25.8. The van der Waals surface area contributed by atoms with E-state index >= 15 is 0 Å². The molecule has 1 N–H and O–H groups in total. The summed E-state index contributed by atoms with van der Waals surface area (Å²) in [4.78, 5) is 10.2. The molecule has 0 aliphatic heterocycles. The number of thiazole rings is 1. The number of pyridine rings is 1. The van der Waals surface area contributed by atoms with E-state index in [-0.39, 0.29) is 9.24 Å². The fourth-order valence-corrected chi connectivity index (χ4v) is 6.77. The van der Waals surface area contributed by atoms with Gasteiger partial charge in [-0.25, -0.2) is 18.4 Å². The van der Waals surface area contributed by atoms with Crippen molar-refractivity contribution in [2.45, 2.75) is 29.5 Å². The minimum Gasteiger partial charge on any atom is -0.370 e. The minimum absolute atomic E-state index is 0.0817. The molecule has 7 heteroatoms. The van der Waals surface area contributed by atoms with Crippen LogP contribution in [-0.4, -0.2) is 24.9 Å². The number of sulfone groups is 1. The first kappa shape index (κ1) is 24.9. The van der Waals surface area contributed by atoms with Crippen molar-refractivity contribution in [3.8, 4) is 21.7 Å². The van der Waals surface area contributed by atoms with Crippen molar-refractivity contribution in [2.75, 3.05) is 11.9 Å². The first-order valence-electron chi connectivity index (χ1n) is 12.0. The molecule has 0 radical (unpaired) electrons. The standard InChI is InChI=1S/C30H27N3O2S2/c1-21-11-13-26(14-12-21)37(34,35)30-33-28(24-10-6-7-22(2)19-24)29(36-30)25-16-18-32-27(20-25)31-17-15-23-8-4-3-5-9-23/h3-14,16,18-20H,15,17H2,1-2H3,(H,31,32). The number of hydrogen-bond acceptors (Lipinski definition) is 6.